The summed E-state index contributed by atoms with van der Waals surface area (Å²) < 4.78 is 7.34. The highest BCUT2D eigenvalue weighted by Gasteiger charge is 2.29. The van der Waals surface area contributed by atoms with Crippen LogP contribution in [0.2, 0.25) is 0 Å². The molecule has 0 N–H and O–H groups in total. The van der Waals surface area contributed by atoms with E-state index in [0.717, 1.165) is 61.0 Å². The third kappa shape index (κ3) is 4.22. The fourth-order valence-electron chi connectivity index (χ4n) is 3.99. The van der Waals surface area contributed by atoms with Crippen molar-refractivity contribution in [2.24, 2.45) is 7.05 Å². The minimum Gasteiger partial charge on any atom is -0.377 e. The SMILES string of the molecule is Cc1cnc(SC[C@H]2CCCO2)nc1[C@H]1CCCN(C(=O)c2ccnn2C)C1. The number of rotatable bonds is 5. The topological polar surface area (TPSA) is 73.1 Å². The van der Waals surface area contributed by atoms with Crippen LogP contribution in [0, 0.1) is 6.92 Å². The third-order valence-electron chi connectivity index (χ3n) is 5.55. The van der Waals surface area contributed by atoms with Crippen molar-refractivity contribution in [1.29, 1.82) is 0 Å². The predicted molar refractivity (Wildman–Crippen MR) is 108 cm³/mol. The zero-order valence-electron chi connectivity index (χ0n) is 16.5. The molecule has 0 unspecified atom stereocenters. The Kier molecular flexibility index (Phi) is 5.96. The Hall–Kier alpha value is -1.93. The summed E-state index contributed by atoms with van der Waals surface area (Å²) in [7, 11) is 1.81. The van der Waals surface area contributed by atoms with E-state index in [2.05, 4.69) is 17.0 Å². The lowest BCUT2D eigenvalue weighted by Crippen LogP contribution is -2.40. The maximum Gasteiger partial charge on any atom is 0.272 e. The van der Waals surface area contributed by atoms with E-state index in [4.69, 9.17) is 9.72 Å². The first-order valence-electron chi connectivity index (χ1n) is 9.97. The number of likely N-dealkylation sites (tertiary alicyclic amines) is 1. The molecule has 1 amide bonds. The number of amides is 1. The molecule has 2 fully saturated rings. The van der Waals surface area contributed by atoms with E-state index in [1.807, 2.05) is 11.1 Å². The second kappa shape index (κ2) is 8.61. The average molecular weight is 402 g/mol. The lowest BCUT2D eigenvalue weighted by molar-refractivity contribution is 0.0694. The van der Waals surface area contributed by atoms with Crippen molar-refractivity contribution in [2.75, 3.05) is 25.4 Å². The molecule has 0 saturated carbocycles. The van der Waals surface area contributed by atoms with Crippen molar-refractivity contribution < 1.29 is 9.53 Å². The van der Waals surface area contributed by atoms with Crippen LogP contribution in [-0.4, -0.2) is 62.1 Å². The molecule has 28 heavy (non-hydrogen) atoms. The van der Waals surface area contributed by atoms with Gasteiger partial charge in [0.25, 0.3) is 5.91 Å². The van der Waals surface area contributed by atoms with Crippen molar-refractivity contribution in [3.8, 4) is 0 Å². The van der Waals surface area contributed by atoms with E-state index in [-0.39, 0.29) is 11.8 Å². The summed E-state index contributed by atoms with van der Waals surface area (Å²) in [6.07, 6.45) is 8.20. The average Bonchev–Trinajstić information content (AvgIpc) is 3.38. The van der Waals surface area contributed by atoms with Crippen LogP contribution >= 0.6 is 11.8 Å². The minimum absolute atomic E-state index is 0.0457. The van der Waals surface area contributed by atoms with Crippen molar-refractivity contribution in [3.05, 3.63) is 35.4 Å². The molecule has 150 valence electrons. The van der Waals surface area contributed by atoms with Gasteiger partial charge in [-0.05, 0) is 44.2 Å². The Morgan fingerprint density at radius 3 is 3.00 bits per heavy atom. The van der Waals surface area contributed by atoms with E-state index in [1.54, 1.807) is 35.8 Å². The number of thioether (sulfide) groups is 1. The second-order valence-electron chi connectivity index (χ2n) is 7.60. The normalized spacial score (nSPS) is 22.6. The molecule has 7 nitrogen and oxygen atoms in total. The number of piperidine rings is 1. The number of hydrogen-bond acceptors (Lipinski definition) is 6. The Labute approximate surface area is 169 Å². The summed E-state index contributed by atoms with van der Waals surface area (Å²) in [5, 5.41) is 4.94. The standard InChI is InChI=1S/C20H27N5O2S/c1-14-11-21-20(28-13-16-6-4-10-27-16)23-18(14)15-5-3-9-25(12-15)19(26)17-7-8-22-24(17)2/h7-8,11,15-16H,3-6,9-10,12-13H2,1-2H3/t15-,16+/m0/s1. The van der Waals surface area contributed by atoms with Crippen LogP contribution < -0.4 is 0 Å². The lowest BCUT2D eigenvalue weighted by Gasteiger charge is -2.33. The monoisotopic (exact) mass is 401 g/mol. The number of aromatic nitrogens is 4. The molecule has 2 aliphatic rings. The summed E-state index contributed by atoms with van der Waals surface area (Å²) in [4.78, 5) is 24.2. The van der Waals surface area contributed by atoms with Crippen LogP contribution in [0.25, 0.3) is 0 Å². The molecule has 2 aromatic rings. The first-order valence-corrected chi connectivity index (χ1v) is 11.0. The molecule has 4 heterocycles. The van der Waals surface area contributed by atoms with Crippen LogP contribution in [0.5, 0.6) is 0 Å². The zero-order chi connectivity index (χ0) is 19.5. The first kappa shape index (κ1) is 19.4. The van der Waals surface area contributed by atoms with Gasteiger partial charge in [0.15, 0.2) is 5.16 Å². The fraction of sp³-hybridized carbons (Fsp3) is 0.600. The van der Waals surface area contributed by atoms with Gasteiger partial charge in [-0.15, -0.1) is 0 Å². The number of ether oxygens (including phenoxy) is 1. The molecule has 0 spiro atoms. The predicted octanol–water partition coefficient (Wildman–Crippen LogP) is 2.81. The highest BCUT2D eigenvalue weighted by Crippen LogP contribution is 2.30. The van der Waals surface area contributed by atoms with Crippen LogP contribution in [0.15, 0.2) is 23.6 Å². The number of carbonyl (C=O) groups is 1. The van der Waals surface area contributed by atoms with Crippen LogP contribution in [0.1, 0.15) is 53.3 Å². The van der Waals surface area contributed by atoms with Gasteiger partial charge in [0, 0.05) is 50.8 Å². The molecule has 0 radical (unpaired) electrons. The maximum absolute atomic E-state index is 12.9. The number of carbonyl (C=O) groups excluding carboxylic acids is 1. The molecule has 2 atom stereocenters. The van der Waals surface area contributed by atoms with Gasteiger partial charge in [-0.25, -0.2) is 9.97 Å². The molecule has 0 bridgehead atoms. The third-order valence-corrected chi connectivity index (χ3v) is 6.54. The summed E-state index contributed by atoms with van der Waals surface area (Å²) >= 11 is 1.67. The van der Waals surface area contributed by atoms with Crippen molar-refractivity contribution in [1.82, 2.24) is 24.6 Å². The molecule has 2 aromatic heterocycles. The van der Waals surface area contributed by atoms with Crippen LogP contribution in [0.3, 0.4) is 0 Å². The highest BCUT2D eigenvalue weighted by molar-refractivity contribution is 7.99. The van der Waals surface area contributed by atoms with Crippen LogP contribution in [-0.2, 0) is 11.8 Å². The van der Waals surface area contributed by atoms with Gasteiger partial charge in [0.2, 0.25) is 0 Å². The molecule has 8 heteroatoms. The van der Waals surface area contributed by atoms with Gasteiger partial charge >= 0.3 is 0 Å². The van der Waals surface area contributed by atoms with E-state index >= 15 is 0 Å². The van der Waals surface area contributed by atoms with Gasteiger partial charge in [0.1, 0.15) is 5.69 Å². The van der Waals surface area contributed by atoms with Gasteiger partial charge in [-0.2, -0.15) is 5.10 Å². The smallest absolute Gasteiger partial charge is 0.272 e. The quantitative estimate of drug-likeness (QED) is 0.567. The molecule has 4 rings (SSSR count). The number of hydrogen-bond donors (Lipinski definition) is 0. The molecule has 0 aromatic carbocycles. The van der Waals surface area contributed by atoms with Gasteiger partial charge < -0.3 is 9.64 Å². The summed E-state index contributed by atoms with van der Waals surface area (Å²) in [5.74, 6) is 1.19. The number of aryl methyl sites for hydroxylation is 2. The summed E-state index contributed by atoms with van der Waals surface area (Å²) in [6, 6.07) is 1.78. The van der Waals surface area contributed by atoms with Crippen LogP contribution in [0.4, 0.5) is 0 Å². The zero-order valence-corrected chi connectivity index (χ0v) is 17.3. The first-order chi connectivity index (χ1) is 13.6. The molecule has 0 aliphatic carbocycles. The number of nitrogens with zero attached hydrogens (tertiary/aromatic N) is 5. The Morgan fingerprint density at radius 1 is 1.36 bits per heavy atom. The van der Waals surface area contributed by atoms with Crippen molar-refractivity contribution >= 4 is 17.7 Å². The molecule has 2 saturated heterocycles. The molecular formula is C20H27N5O2S. The minimum atomic E-state index is 0.0457. The largest absolute Gasteiger partial charge is 0.377 e. The van der Waals surface area contributed by atoms with Gasteiger partial charge in [-0.3, -0.25) is 9.48 Å². The van der Waals surface area contributed by atoms with E-state index < -0.39 is 0 Å². The fourth-order valence-corrected chi connectivity index (χ4v) is 4.88. The molecular weight excluding hydrogens is 374 g/mol. The van der Waals surface area contributed by atoms with E-state index in [0.29, 0.717) is 18.3 Å². The lowest BCUT2D eigenvalue weighted by atomic mass is 9.92. The summed E-state index contributed by atoms with van der Waals surface area (Å²) in [5.41, 5.74) is 2.81. The molecule has 2 aliphatic heterocycles. The van der Waals surface area contributed by atoms with Crippen molar-refractivity contribution in [2.45, 2.75) is 49.8 Å². The Morgan fingerprint density at radius 2 is 2.25 bits per heavy atom. The van der Waals surface area contributed by atoms with Gasteiger partial charge in [-0.1, -0.05) is 11.8 Å². The Balaban J connectivity index is 1.45. The highest BCUT2D eigenvalue weighted by atomic mass is 32.2. The van der Waals surface area contributed by atoms with Crippen molar-refractivity contribution in [3.63, 3.8) is 0 Å². The maximum atomic E-state index is 12.9. The van der Waals surface area contributed by atoms with Gasteiger partial charge in [0.05, 0.1) is 11.8 Å². The van der Waals surface area contributed by atoms with E-state index in [1.165, 1.54) is 0 Å². The second-order valence-corrected chi connectivity index (χ2v) is 8.58. The Bertz CT molecular complexity index is 834. The van der Waals surface area contributed by atoms with E-state index in [9.17, 15) is 4.79 Å². The summed E-state index contributed by atoms with van der Waals surface area (Å²) in [6.45, 7) is 4.41.